The van der Waals surface area contributed by atoms with Crippen molar-refractivity contribution in [2.75, 3.05) is 31.2 Å². The summed E-state index contributed by atoms with van der Waals surface area (Å²) in [6, 6.07) is 12.2. The van der Waals surface area contributed by atoms with E-state index < -0.39 is 16.7 Å². The third-order valence-corrected chi connectivity index (χ3v) is 4.11. The summed E-state index contributed by atoms with van der Waals surface area (Å²) in [5.41, 5.74) is 5.81. The number of nitrogens with one attached hydrogen (secondary N) is 2. The van der Waals surface area contributed by atoms with Crippen LogP contribution < -0.4 is 15.8 Å². The molecule has 1 aliphatic heterocycles. The number of benzene rings is 2. The quantitative estimate of drug-likeness (QED) is 0.623. The Morgan fingerprint density at radius 1 is 0.963 bits per heavy atom. The third kappa shape index (κ3) is 4.59. The van der Waals surface area contributed by atoms with Crippen LogP contribution in [0, 0.1) is 10.1 Å². The first-order valence-corrected chi connectivity index (χ1v) is 8.32. The monoisotopic (exact) mass is 370 g/mol. The van der Waals surface area contributed by atoms with Gasteiger partial charge in [0.05, 0.1) is 18.1 Å². The number of hydrazine groups is 1. The highest BCUT2D eigenvalue weighted by Gasteiger charge is 2.14. The van der Waals surface area contributed by atoms with Gasteiger partial charge in [-0.05, 0) is 30.3 Å². The maximum absolute atomic E-state index is 12.2. The summed E-state index contributed by atoms with van der Waals surface area (Å²) in [5, 5.41) is 10.8. The van der Waals surface area contributed by atoms with Gasteiger partial charge < -0.3 is 9.64 Å². The fourth-order valence-corrected chi connectivity index (χ4v) is 2.66. The van der Waals surface area contributed by atoms with Gasteiger partial charge in [0.25, 0.3) is 17.5 Å². The molecule has 0 radical (unpaired) electrons. The number of rotatable bonds is 4. The van der Waals surface area contributed by atoms with Crippen LogP contribution in [0.5, 0.6) is 0 Å². The Hall–Kier alpha value is -3.46. The van der Waals surface area contributed by atoms with Crippen molar-refractivity contribution in [1.82, 2.24) is 10.9 Å². The summed E-state index contributed by atoms with van der Waals surface area (Å²) in [4.78, 5) is 36.6. The van der Waals surface area contributed by atoms with Gasteiger partial charge in [0.1, 0.15) is 0 Å². The molecule has 0 aromatic heterocycles. The van der Waals surface area contributed by atoms with Crippen molar-refractivity contribution in [3.8, 4) is 0 Å². The number of nitrogens with zero attached hydrogens (tertiary/aromatic N) is 2. The van der Waals surface area contributed by atoms with Crippen LogP contribution in [0.3, 0.4) is 0 Å². The highest BCUT2D eigenvalue weighted by atomic mass is 16.6. The Labute approximate surface area is 155 Å². The highest BCUT2D eigenvalue weighted by molar-refractivity contribution is 5.99. The topological polar surface area (TPSA) is 114 Å². The van der Waals surface area contributed by atoms with Gasteiger partial charge in [0.2, 0.25) is 0 Å². The van der Waals surface area contributed by atoms with E-state index in [0.29, 0.717) is 18.8 Å². The summed E-state index contributed by atoms with van der Waals surface area (Å²) >= 11 is 0. The smallest absolute Gasteiger partial charge is 0.270 e. The summed E-state index contributed by atoms with van der Waals surface area (Å²) in [6.45, 7) is 2.94. The lowest BCUT2D eigenvalue weighted by Crippen LogP contribution is -2.41. The number of hydrogen-bond acceptors (Lipinski definition) is 6. The SMILES string of the molecule is O=C(NNC(=O)c1cccc([N+](=O)[O-])c1)c1ccc(N2CCOCC2)cc1. The molecule has 27 heavy (non-hydrogen) atoms. The van der Waals surface area contributed by atoms with Crippen LogP contribution in [-0.4, -0.2) is 43.0 Å². The number of hydrogen-bond donors (Lipinski definition) is 2. The van der Waals surface area contributed by atoms with Crippen molar-refractivity contribution >= 4 is 23.2 Å². The van der Waals surface area contributed by atoms with Crippen LogP contribution in [0.4, 0.5) is 11.4 Å². The molecule has 140 valence electrons. The standard InChI is InChI=1S/C18H18N4O5/c23-17(13-4-6-15(7-5-13)21-8-10-27-11-9-21)19-20-18(24)14-2-1-3-16(12-14)22(25)26/h1-7,12H,8-11H2,(H,19,23)(H,20,24). The normalized spacial score (nSPS) is 13.7. The molecular weight excluding hydrogens is 352 g/mol. The lowest BCUT2D eigenvalue weighted by Gasteiger charge is -2.28. The second-order valence-electron chi connectivity index (χ2n) is 5.86. The molecule has 1 aliphatic rings. The van der Waals surface area contributed by atoms with Crippen LogP contribution in [0.2, 0.25) is 0 Å². The van der Waals surface area contributed by atoms with E-state index in [2.05, 4.69) is 15.8 Å². The molecule has 1 fully saturated rings. The largest absolute Gasteiger partial charge is 0.378 e. The maximum atomic E-state index is 12.2. The van der Waals surface area contributed by atoms with E-state index in [1.165, 1.54) is 18.2 Å². The third-order valence-electron chi connectivity index (χ3n) is 4.11. The Balaban J connectivity index is 1.58. The van der Waals surface area contributed by atoms with Crippen molar-refractivity contribution in [3.05, 3.63) is 69.8 Å². The van der Waals surface area contributed by atoms with Crippen LogP contribution in [0.1, 0.15) is 20.7 Å². The first-order valence-electron chi connectivity index (χ1n) is 8.32. The zero-order valence-electron chi connectivity index (χ0n) is 14.4. The van der Waals surface area contributed by atoms with Gasteiger partial charge in [-0.15, -0.1) is 0 Å². The number of non-ortho nitro benzene ring substituents is 1. The van der Waals surface area contributed by atoms with Gasteiger partial charge in [-0.3, -0.25) is 30.6 Å². The van der Waals surface area contributed by atoms with E-state index in [9.17, 15) is 19.7 Å². The number of amides is 2. The maximum Gasteiger partial charge on any atom is 0.270 e. The van der Waals surface area contributed by atoms with Gasteiger partial charge in [0.15, 0.2) is 0 Å². The van der Waals surface area contributed by atoms with E-state index in [0.717, 1.165) is 24.8 Å². The number of nitro benzene ring substituents is 1. The zero-order chi connectivity index (χ0) is 19.2. The zero-order valence-corrected chi connectivity index (χ0v) is 14.4. The van der Waals surface area contributed by atoms with E-state index >= 15 is 0 Å². The number of carbonyl (C=O) groups excluding carboxylic acids is 2. The minimum atomic E-state index is -0.642. The second kappa shape index (κ2) is 8.28. The van der Waals surface area contributed by atoms with E-state index in [1.54, 1.807) is 12.1 Å². The minimum Gasteiger partial charge on any atom is -0.378 e. The van der Waals surface area contributed by atoms with Crippen molar-refractivity contribution in [3.63, 3.8) is 0 Å². The molecule has 9 nitrogen and oxygen atoms in total. The number of anilines is 1. The van der Waals surface area contributed by atoms with Gasteiger partial charge in [-0.25, -0.2) is 0 Å². The Bertz CT molecular complexity index is 847. The average molecular weight is 370 g/mol. The highest BCUT2D eigenvalue weighted by Crippen LogP contribution is 2.16. The minimum absolute atomic E-state index is 0.0761. The van der Waals surface area contributed by atoms with Crippen molar-refractivity contribution in [2.45, 2.75) is 0 Å². The molecule has 1 saturated heterocycles. The van der Waals surface area contributed by atoms with Crippen LogP contribution in [-0.2, 0) is 4.74 Å². The molecule has 0 atom stereocenters. The van der Waals surface area contributed by atoms with Crippen molar-refractivity contribution < 1.29 is 19.2 Å². The van der Waals surface area contributed by atoms with E-state index in [-0.39, 0.29) is 11.3 Å². The predicted octanol–water partition coefficient (Wildman–Crippen LogP) is 1.51. The number of morpholine rings is 1. The van der Waals surface area contributed by atoms with Gasteiger partial charge >= 0.3 is 0 Å². The molecule has 2 N–H and O–H groups in total. The second-order valence-corrected chi connectivity index (χ2v) is 5.86. The first-order chi connectivity index (χ1) is 13.0. The van der Waals surface area contributed by atoms with Crippen molar-refractivity contribution in [1.29, 1.82) is 0 Å². The van der Waals surface area contributed by atoms with Gasteiger partial charge in [-0.2, -0.15) is 0 Å². The molecule has 0 bridgehead atoms. The first kappa shape index (κ1) is 18.3. The lowest BCUT2D eigenvalue weighted by molar-refractivity contribution is -0.384. The molecule has 2 amide bonds. The summed E-state index contributed by atoms with van der Waals surface area (Å²) in [6.07, 6.45) is 0. The molecule has 0 aliphatic carbocycles. The molecule has 2 aromatic rings. The average Bonchev–Trinajstić information content (AvgIpc) is 2.72. The van der Waals surface area contributed by atoms with Gasteiger partial charge in [-0.1, -0.05) is 6.07 Å². The fraction of sp³-hybridized carbons (Fsp3) is 0.222. The molecule has 9 heteroatoms. The number of carbonyl (C=O) groups is 2. The number of ether oxygens (including phenoxy) is 1. The van der Waals surface area contributed by atoms with Crippen LogP contribution in [0.15, 0.2) is 48.5 Å². The Morgan fingerprint density at radius 3 is 2.22 bits per heavy atom. The molecule has 1 heterocycles. The molecular formula is C18H18N4O5. The molecule has 2 aromatic carbocycles. The van der Waals surface area contributed by atoms with Crippen LogP contribution >= 0.6 is 0 Å². The lowest BCUT2D eigenvalue weighted by atomic mass is 10.2. The van der Waals surface area contributed by atoms with E-state index in [4.69, 9.17) is 4.74 Å². The molecule has 0 spiro atoms. The van der Waals surface area contributed by atoms with E-state index in [1.807, 2.05) is 12.1 Å². The Morgan fingerprint density at radius 2 is 1.59 bits per heavy atom. The molecule has 0 unspecified atom stereocenters. The Kier molecular flexibility index (Phi) is 5.62. The predicted molar refractivity (Wildman–Crippen MR) is 97.5 cm³/mol. The summed E-state index contributed by atoms with van der Waals surface area (Å²) in [5.74, 6) is -1.13. The molecule has 0 saturated carbocycles. The summed E-state index contributed by atoms with van der Waals surface area (Å²) < 4.78 is 5.31. The van der Waals surface area contributed by atoms with Crippen LogP contribution in [0.25, 0.3) is 0 Å². The van der Waals surface area contributed by atoms with Gasteiger partial charge in [0, 0.05) is 42.0 Å². The van der Waals surface area contributed by atoms with Crippen molar-refractivity contribution in [2.24, 2.45) is 0 Å². The fourth-order valence-electron chi connectivity index (χ4n) is 2.66. The number of nitro groups is 1. The molecule has 3 rings (SSSR count). The summed E-state index contributed by atoms with van der Waals surface area (Å²) in [7, 11) is 0.